The van der Waals surface area contributed by atoms with Crippen LogP contribution in [0.2, 0.25) is 5.02 Å². The molecule has 30 heavy (non-hydrogen) atoms. The molecule has 0 saturated heterocycles. The lowest BCUT2D eigenvalue weighted by atomic mass is 10.0. The van der Waals surface area contributed by atoms with Crippen LogP contribution in [-0.4, -0.2) is 34.4 Å². The van der Waals surface area contributed by atoms with Gasteiger partial charge in [0.05, 0.1) is 23.6 Å². The number of aromatic hydroxyl groups is 1. The number of nitrogens with two attached hydrogens (primary N) is 1. The molecular weight excluding hydrogens is 408 g/mol. The Kier molecular flexibility index (Phi) is 7.60. The van der Waals surface area contributed by atoms with Gasteiger partial charge in [-0.15, -0.1) is 0 Å². The molecule has 3 N–H and O–H groups in total. The molecule has 0 bridgehead atoms. The normalized spacial score (nSPS) is 10.3. The Hall–Kier alpha value is -3.32. The summed E-state index contributed by atoms with van der Waals surface area (Å²) in [4.78, 5) is 33.5. The van der Waals surface area contributed by atoms with Gasteiger partial charge >= 0.3 is 5.97 Å². The van der Waals surface area contributed by atoms with Gasteiger partial charge in [-0.05, 0) is 36.2 Å². The molecule has 0 atom stereocenters. The second kappa shape index (κ2) is 9.93. The lowest BCUT2D eigenvalue weighted by molar-refractivity contribution is -0.137. The van der Waals surface area contributed by atoms with Crippen LogP contribution in [0.25, 0.3) is 10.9 Å². The molecule has 3 aromatic rings. The van der Waals surface area contributed by atoms with Gasteiger partial charge in [-0.2, -0.15) is 0 Å². The number of primary amides is 1. The van der Waals surface area contributed by atoms with E-state index in [1.165, 1.54) is 20.1 Å². The zero-order valence-electron chi connectivity index (χ0n) is 16.9. The Morgan fingerprint density at radius 3 is 2.33 bits per heavy atom. The highest BCUT2D eigenvalue weighted by Gasteiger charge is 2.26. The van der Waals surface area contributed by atoms with Crippen molar-refractivity contribution in [2.75, 3.05) is 7.11 Å². The van der Waals surface area contributed by atoms with Gasteiger partial charge in [0.25, 0.3) is 11.7 Å². The standard InChI is InChI=1S/C19H17ClN2O3.C3H6O2/c1-2-13-17(18(24)19(21)25)16-14(7-4-8-15(16)23)22(13)10-11-5-3-6-12(20)9-11;1-3(4)5-2/h3-9,23H,2,10H2,1H3,(H2,21,25);1-2H3. The predicted octanol–water partition coefficient (Wildman–Crippen LogP) is 3.46. The topological polar surface area (TPSA) is 112 Å². The van der Waals surface area contributed by atoms with Crippen molar-refractivity contribution in [2.45, 2.75) is 26.8 Å². The lowest BCUT2D eigenvalue weighted by Crippen LogP contribution is -2.24. The fourth-order valence-electron chi connectivity index (χ4n) is 3.17. The molecule has 3 rings (SSSR count). The summed E-state index contributed by atoms with van der Waals surface area (Å²) in [5.74, 6) is -2.14. The number of hydrogen-bond donors (Lipinski definition) is 2. The van der Waals surface area contributed by atoms with Gasteiger partial charge in [0.2, 0.25) is 0 Å². The third-order valence-corrected chi connectivity index (χ3v) is 4.71. The number of fused-ring (bicyclic) bond motifs is 1. The maximum atomic E-state index is 12.4. The molecule has 0 aliphatic rings. The molecule has 1 heterocycles. The molecule has 0 saturated carbocycles. The SMILES string of the molecule is CCc1c(C(=O)C(N)=O)c2c(O)cccc2n1Cc1cccc(Cl)c1.COC(C)=O. The van der Waals surface area contributed by atoms with E-state index in [9.17, 15) is 19.5 Å². The average molecular weight is 431 g/mol. The van der Waals surface area contributed by atoms with Gasteiger partial charge < -0.3 is 20.1 Å². The number of rotatable bonds is 5. The molecule has 0 unspecified atom stereocenters. The third-order valence-electron chi connectivity index (χ3n) is 4.48. The van der Waals surface area contributed by atoms with E-state index in [2.05, 4.69) is 4.74 Å². The van der Waals surface area contributed by atoms with Crippen LogP contribution in [0.3, 0.4) is 0 Å². The minimum Gasteiger partial charge on any atom is -0.507 e. The van der Waals surface area contributed by atoms with Crippen molar-refractivity contribution in [1.29, 1.82) is 0 Å². The van der Waals surface area contributed by atoms with Crippen LogP contribution in [0.5, 0.6) is 5.75 Å². The second-order valence-corrected chi connectivity index (χ2v) is 6.89. The lowest BCUT2D eigenvalue weighted by Gasteiger charge is -2.11. The van der Waals surface area contributed by atoms with Gasteiger partial charge in [0.1, 0.15) is 5.75 Å². The fraction of sp³-hybridized carbons (Fsp3) is 0.227. The number of carbonyl (C=O) groups excluding carboxylic acids is 3. The predicted molar refractivity (Wildman–Crippen MR) is 115 cm³/mol. The van der Waals surface area contributed by atoms with Gasteiger partial charge in [-0.25, -0.2) is 0 Å². The van der Waals surface area contributed by atoms with Crippen LogP contribution in [0.4, 0.5) is 0 Å². The van der Waals surface area contributed by atoms with Crippen LogP contribution in [0.15, 0.2) is 42.5 Å². The number of ketones is 1. The van der Waals surface area contributed by atoms with Crippen molar-refractivity contribution >= 4 is 40.2 Å². The van der Waals surface area contributed by atoms with Crippen LogP contribution >= 0.6 is 11.6 Å². The number of halogens is 1. The summed E-state index contributed by atoms with van der Waals surface area (Å²) in [5.41, 5.74) is 7.65. The number of Topliss-reactive ketones (excluding diaryl/α,β-unsaturated/α-hetero) is 1. The molecule has 1 amide bonds. The van der Waals surface area contributed by atoms with E-state index >= 15 is 0 Å². The molecule has 0 radical (unpaired) electrons. The van der Waals surface area contributed by atoms with Crippen molar-refractivity contribution in [3.05, 3.63) is 64.3 Å². The molecular formula is C22H23ClN2O5. The van der Waals surface area contributed by atoms with E-state index in [4.69, 9.17) is 17.3 Å². The molecule has 1 aromatic heterocycles. The summed E-state index contributed by atoms with van der Waals surface area (Å²) in [7, 11) is 1.35. The first-order valence-corrected chi connectivity index (χ1v) is 9.55. The number of methoxy groups -OCH3 is 1. The van der Waals surface area contributed by atoms with E-state index in [-0.39, 0.29) is 17.3 Å². The van der Waals surface area contributed by atoms with Crippen molar-refractivity contribution in [1.82, 2.24) is 4.57 Å². The Bertz CT molecular complexity index is 1100. The van der Waals surface area contributed by atoms with E-state index < -0.39 is 11.7 Å². The summed E-state index contributed by atoms with van der Waals surface area (Å²) in [6, 6.07) is 12.4. The van der Waals surface area contributed by atoms with E-state index in [1.54, 1.807) is 18.2 Å². The maximum Gasteiger partial charge on any atom is 0.302 e. The van der Waals surface area contributed by atoms with Crippen LogP contribution in [0, 0.1) is 0 Å². The number of carbonyl (C=O) groups is 3. The van der Waals surface area contributed by atoms with Gasteiger partial charge in [-0.3, -0.25) is 14.4 Å². The summed E-state index contributed by atoms with van der Waals surface area (Å²) in [6.07, 6.45) is 0.503. The number of hydrogen-bond acceptors (Lipinski definition) is 5. The number of phenols is 1. The Balaban J connectivity index is 0.000000575. The summed E-state index contributed by atoms with van der Waals surface area (Å²) < 4.78 is 6.02. The van der Waals surface area contributed by atoms with E-state index in [0.29, 0.717) is 34.6 Å². The van der Waals surface area contributed by atoms with Crippen molar-refractivity contribution in [3.8, 4) is 5.75 Å². The molecule has 0 aliphatic carbocycles. The van der Waals surface area contributed by atoms with Crippen molar-refractivity contribution in [2.24, 2.45) is 5.73 Å². The highest BCUT2D eigenvalue weighted by atomic mass is 35.5. The average Bonchev–Trinajstić information content (AvgIpc) is 3.02. The zero-order valence-corrected chi connectivity index (χ0v) is 17.7. The van der Waals surface area contributed by atoms with E-state index in [1.807, 2.05) is 29.7 Å². The van der Waals surface area contributed by atoms with Gasteiger partial charge in [0, 0.05) is 24.2 Å². The van der Waals surface area contributed by atoms with Crippen molar-refractivity contribution < 1.29 is 24.2 Å². The van der Waals surface area contributed by atoms with Gasteiger partial charge in [-0.1, -0.05) is 36.7 Å². The summed E-state index contributed by atoms with van der Waals surface area (Å²) >= 11 is 6.06. The molecule has 8 heteroatoms. The van der Waals surface area contributed by atoms with Gasteiger partial charge in [0.15, 0.2) is 0 Å². The van der Waals surface area contributed by atoms with Crippen LogP contribution < -0.4 is 5.73 Å². The molecule has 158 valence electrons. The fourth-order valence-corrected chi connectivity index (χ4v) is 3.38. The molecule has 0 spiro atoms. The first-order valence-electron chi connectivity index (χ1n) is 9.17. The zero-order chi connectivity index (χ0) is 22.4. The molecule has 2 aromatic carbocycles. The number of esters is 1. The number of aromatic nitrogens is 1. The minimum atomic E-state index is -1.04. The summed E-state index contributed by atoms with van der Waals surface area (Å²) in [6.45, 7) is 3.70. The highest BCUT2D eigenvalue weighted by Crippen LogP contribution is 2.34. The summed E-state index contributed by atoms with van der Waals surface area (Å²) in [5, 5.41) is 11.3. The quantitative estimate of drug-likeness (QED) is 0.365. The smallest absolute Gasteiger partial charge is 0.302 e. The van der Waals surface area contributed by atoms with E-state index in [0.717, 1.165) is 5.56 Å². The first-order chi connectivity index (χ1) is 14.2. The number of phenolic OH excluding ortho intramolecular Hbond substituents is 1. The maximum absolute atomic E-state index is 12.4. The Labute approximate surface area is 179 Å². The molecule has 0 aliphatic heterocycles. The molecule has 0 fully saturated rings. The Morgan fingerprint density at radius 1 is 1.17 bits per heavy atom. The first kappa shape index (κ1) is 23.0. The number of nitrogens with zero attached hydrogens (tertiary/aromatic N) is 1. The van der Waals surface area contributed by atoms with Crippen LogP contribution in [-0.2, 0) is 27.3 Å². The number of benzene rings is 2. The molecule has 7 nitrogen and oxygen atoms in total. The highest BCUT2D eigenvalue weighted by molar-refractivity contribution is 6.45. The van der Waals surface area contributed by atoms with Crippen molar-refractivity contribution in [3.63, 3.8) is 0 Å². The van der Waals surface area contributed by atoms with Crippen LogP contribution in [0.1, 0.15) is 35.5 Å². The monoisotopic (exact) mass is 430 g/mol. The second-order valence-electron chi connectivity index (χ2n) is 6.45. The Morgan fingerprint density at radius 2 is 1.80 bits per heavy atom. The minimum absolute atomic E-state index is 0.0540. The number of amides is 1. The third kappa shape index (κ3) is 4.99. The largest absolute Gasteiger partial charge is 0.507 e. The number of ether oxygens (including phenoxy) is 1.